The van der Waals surface area contributed by atoms with Crippen LogP contribution in [-0.2, 0) is 0 Å². The number of rotatable bonds is 1. The first-order valence-corrected chi connectivity index (χ1v) is 5.67. The predicted molar refractivity (Wildman–Crippen MR) is 72.2 cm³/mol. The first-order valence-electron chi connectivity index (χ1n) is 4.91. The van der Waals surface area contributed by atoms with Gasteiger partial charge in [0.05, 0.1) is 0 Å². The van der Waals surface area contributed by atoms with Crippen molar-refractivity contribution in [3.8, 4) is 0 Å². The third kappa shape index (κ3) is 2.01. The Morgan fingerprint density at radius 2 is 2.19 bits per heavy atom. The van der Waals surface area contributed by atoms with Crippen LogP contribution in [0.3, 0.4) is 0 Å². The van der Waals surface area contributed by atoms with E-state index in [1.54, 1.807) is 0 Å². The van der Waals surface area contributed by atoms with Crippen LogP contribution in [0.5, 0.6) is 0 Å². The molecule has 82 valence electrons. The average Bonchev–Trinajstić information content (AvgIpc) is 2.55. The number of fused-ring (bicyclic) bond motifs is 1. The van der Waals surface area contributed by atoms with Crippen LogP contribution in [0.2, 0.25) is 5.02 Å². The van der Waals surface area contributed by atoms with Crippen LogP contribution in [-0.4, -0.2) is 4.98 Å². The summed E-state index contributed by atoms with van der Waals surface area (Å²) in [6, 6.07) is 5.70. The Bertz CT molecular complexity index is 665. The van der Waals surface area contributed by atoms with E-state index in [-0.39, 0.29) is 0 Å². The Kier molecular flexibility index (Phi) is 3.08. The van der Waals surface area contributed by atoms with Crippen molar-refractivity contribution in [3.05, 3.63) is 44.9 Å². The van der Waals surface area contributed by atoms with Gasteiger partial charge in [-0.05, 0) is 31.2 Å². The summed E-state index contributed by atoms with van der Waals surface area (Å²) in [6.07, 6.45) is 3.73. The zero-order chi connectivity index (χ0) is 11.7. The summed E-state index contributed by atoms with van der Waals surface area (Å²) in [7, 11) is 0. The van der Waals surface area contributed by atoms with E-state index in [0.717, 1.165) is 21.5 Å². The Morgan fingerprint density at radius 1 is 1.44 bits per heavy atom. The van der Waals surface area contributed by atoms with Crippen molar-refractivity contribution < 1.29 is 0 Å². The largest absolute Gasteiger partial charge is 0.355 e. The van der Waals surface area contributed by atoms with Crippen LogP contribution in [0.4, 0.5) is 0 Å². The fraction of sp³-hybridized carbons (Fsp3) is 0.0769. The fourth-order valence-electron chi connectivity index (χ4n) is 1.63. The molecule has 0 unspecified atom stereocenters. The van der Waals surface area contributed by atoms with E-state index in [4.69, 9.17) is 23.2 Å². The first kappa shape index (κ1) is 11.3. The molecule has 0 bridgehead atoms. The molecule has 0 aliphatic heterocycles. The van der Waals surface area contributed by atoms with Crippen molar-refractivity contribution in [1.82, 2.24) is 4.98 Å². The molecular weight excluding hydrogens is 241 g/mol. The normalized spacial score (nSPS) is 13.7. The number of H-pyrrole nitrogens is 1. The maximum Gasteiger partial charge on any atom is 0.0465 e. The van der Waals surface area contributed by atoms with E-state index in [0.29, 0.717) is 10.1 Å². The standard InChI is InChI=1S/C13H11Cl2N/c1-3-9(14)6-11-8(2)16-13-5-4-10(15)7-12(11)13/h3-7,16H,2H2,1H3/b9-3+,11-6+. The van der Waals surface area contributed by atoms with E-state index in [9.17, 15) is 0 Å². The van der Waals surface area contributed by atoms with E-state index in [1.807, 2.05) is 37.3 Å². The smallest absolute Gasteiger partial charge is 0.0465 e. The highest BCUT2D eigenvalue weighted by Crippen LogP contribution is 2.14. The lowest BCUT2D eigenvalue weighted by Crippen LogP contribution is -2.20. The molecule has 0 spiro atoms. The number of aromatic amines is 1. The zero-order valence-electron chi connectivity index (χ0n) is 8.85. The highest BCUT2D eigenvalue weighted by molar-refractivity contribution is 6.34. The van der Waals surface area contributed by atoms with Crippen LogP contribution in [0, 0.1) is 0 Å². The van der Waals surface area contributed by atoms with Gasteiger partial charge in [0.2, 0.25) is 0 Å². The number of halogens is 2. The summed E-state index contributed by atoms with van der Waals surface area (Å²) < 4.78 is 0. The molecule has 0 radical (unpaired) electrons. The number of aromatic nitrogens is 1. The lowest BCUT2D eigenvalue weighted by molar-refractivity contribution is 1.37. The summed E-state index contributed by atoms with van der Waals surface area (Å²) in [4.78, 5) is 3.20. The molecule has 0 fully saturated rings. The second-order valence-electron chi connectivity index (χ2n) is 3.53. The van der Waals surface area contributed by atoms with Gasteiger partial charge in [0.15, 0.2) is 0 Å². The van der Waals surface area contributed by atoms with Crippen molar-refractivity contribution >= 4 is 46.8 Å². The minimum atomic E-state index is 0.686. The molecule has 1 nitrogen and oxygen atoms in total. The van der Waals surface area contributed by atoms with Crippen molar-refractivity contribution in [3.63, 3.8) is 0 Å². The van der Waals surface area contributed by atoms with Crippen LogP contribution >= 0.6 is 23.2 Å². The molecule has 0 aliphatic carbocycles. The monoisotopic (exact) mass is 251 g/mol. The van der Waals surface area contributed by atoms with Gasteiger partial charge in [0, 0.05) is 31.5 Å². The van der Waals surface area contributed by atoms with Crippen molar-refractivity contribution in [2.24, 2.45) is 0 Å². The third-order valence-electron chi connectivity index (χ3n) is 2.44. The summed E-state index contributed by atoms with van der Waals surface area (Å²) in [5, 5.41) is 4.26. The molecule has 2 rings (SSSR count). The predicted octanol–water partition coefficient (Wildman–Crippen LogP) is 3.15. The van der Waals surface area contributed by atoms with E-state index >= 15 is 0 Å². The first-order chi connectivity index (χ1) is 7.61. The number of hydrogen-bond donors (Lipinski definition) is 1. The Hall–Kier alpha value is -1.18. The van der Waals surface area contributed by atoms with Gasteiger partial charge in [0.25, 0.3) is 0 Å². The van der Waals surface area contributed by atoms with Gasteiger partial charge in [-0.2, -0.15) is 0 Å². The minimum Gasteiger partial charge on any atom is -0.355 e. The fourth-order valence-corrected chi connectivity index (χ4v) is 1.91. The van der Waals surface area contributed by atoms with Gasteiger partial charge in [-0.3, -0.25) is 0 Å². The quantitative estimate of drug-likeness (QED) is 0.802. The van der Waals surface area contributed by atoms with Crippen molar-refractivity contribution in [2.45, 2.75) is 6.92 Å². The van der Waals surface area contributed by atoms with Gasteiger partial charge < -0.3 is 4.98 Å². The lowest BCUT2D eigenvalue weighted by atomic mass is 10.2. The number of benzene rings is 1. The van der Waals surface area contributed by atoms with Crippen LogP contribution in [0.1, 0.15) is 6.92 Å². The van der Waals surface area contributed by atoms with Crippen molar-refractivity contribution in [1.29, 1.82) is 0 Å². The average molecular weight is 252 g/mol. The zero-order valence-corrected chi connectivity index (χ0v) is 10.4. The molecule has 2 aromatic rings. The molecule has 0 atom stereocenters. The number of nitrogens with one attached hydrogen (secondary N) is 1. The molecule has 1 aromatic heterocycles. The van der Waals surface area contributed by atoms with Gasteiger partial charge >= 0.3 is 0 Å². The highest BCUT2D eigenvalue weighted by atomic mass is 35.5. The SMILES string of the molecule is C=c1[nH]c2ccc(Cl)cc2/c1=C/C(Cl)=C\C. The Labute approximate surface area is 104 Å². The number of hydrogen-bond acceptors (Lipinski definition) is 0. The highest BCUT2D eigenvalue weighted by Gasteiger charge is 2.00. The maximum atomic E-state index is 6.00. The molecule has 1 heterocycles. The lowest BCUT2D eigenvalue weighted by Gasteiger charge is -1.91. The minimum absolute atomic E-state index is 0.686. The Morgan fingerprint density at radius 3 is 2.88 bits per heavy atom. The second-order valence-corrected chi connectivity index (χ2v) is 4.40. The van der Waals surface area contributed by atoms with E-state index in [1.165, 1.54) is 0 Å². The molecule has 3 heteroatoms. The molecule has 0 aliphatic rings. The van der Waals surface area contributed by atoms with Crippen molar-refractivity contribution in [2.75, 3.05) is 0 Å². The molecule has 1 N–H and O–H groups in total. The topological polar surface area (TPSA) is 15.8 Å². The van der Waals surface area contributed by atoms with Gasteiger partial charge in [-0.1, -0.05) is 35.9 Å². The molecule has 0 saturated heterocycles. The molecule has 0 amide bonds. The number of allylic oxidation sites excluding steroid dienone is 2. The summed E-state index contributed by atoms with van der Waals surface area (Å²) >= 11 is 12.0. The third-order valence-corrected chi connectivity index (χ3v) is 3.00. The second kappa shape index (κ2) is 4.36. The van der Waals surface area contributed by atoms with Gasteiger partial charge in [-0.15, -0.1) is 0 Å². The molecular formula is C13H11Cl2N. The van der Waals surface area contributed by atoms with Crippen LogP contribution < -0.4 is 10.6 Å². The van der Waals surface area contributed by atoms with Gasteiger partial charge in [0.1, 0.15) is 0 Å². The van der Waals surface area contributed by atoms with Crippen LogP contribution in [0.25, 0.3) is 23.6 Å². The van der Waals surface area contributed by atoms with Gasteiger partial charge in [-0.25, -0.2) is 0 Å². The maximum absolute atomic E-state index is 6.00. The molecule has 16 heavy (non-hydrogen) atoms. The molecule has 1 aromatic carbocycles. The van der Waals surface area contributed by atoms with E-state index < -0.39 is 0 Å². The molecule has 0 saturated carbocycles. The Balaban J connectivity index is 2.88. The van der Waals surface area contributed by atoms with Crippen LogP contribution in [0.15, 0.2) is 29.3 Å². The summed E-state index contributed by atoms with van der Waals surface area (Å²) in [5.74, 6) is 0. The van der Waals surface area contributed by atoms with E-state index in [2.05, 4.69) is 11.6 Å². The summed E-state index contributed by atoms with van der Waals surface area (Å²) in [5.41, 5.74) is 1.02. The summed E-state index contributed by atoms with van der Waals surface area (Å²) in [6.45, 7) is 5.85.